The number of amides is 1. The molecular formula is C12H10F15NO5S2. The average Bonchev–Trinajstić information content (AvgIpc) is 2.47. The van der Waals surface area contributed by atoms with Crippen LogP contribution in [0.25, 0.3) is 0 Å². The third-order valence-electron chi connectivity index (χ3n) is 3.81. The van der Waals surface area contributed by atoms with Gasteiger partial charge in [0, 0.05) is 0 Å². The van der Waals surface area contributed by atoms with Gasteiger partial charge < -0.3 is 0 Å². The summed E-state index contributed by atoms with van der Waals surface area (Å²) in [4.78, 5) is 10.8. The molecule has 0 unspecified atom stereocenters. The van der Waals surface area contributed by atoms with Crippen LogP contribution in [0.5, 0.6) is 0 Å². The van der Waals surface area contributed by atoms with Gasteiger partial charge in [0.2, 0.25) is 15.7 Å². The van der Waals surface area contributed by atoms with Gasteiger partial charge in [0.1, 0.15) is 6.42 Å². The van der Waals surface area contributed by atoms with Gasteiger partial charge in [-0.2, -0.15) is 74.3 Å². The van der Waals surface area contributed by atoms with Crippen molar-refractivity contribution in [3.8, 4) is 0 Å². The van der Waals surface area contributed by atoms with E-state index in [0.29, 0.717) is 0 Å². The van der Waals surface area contributed by atoms with Gasteiger partial charge in [0.05, 0.1) is 17.6 Å². The number of alkyl halides is 15. The molecule has 23 heteroatoms. The monoisotopic (exact) mass is 597 g/mol. The van der Waals surface area contributed by atoms with Gasteiger partial charge in [0.25, 0.3) is 0 Å². The van der Waals surface area contributed by atoms with Crippen LogP contribution >= 0.6 is 0 Å². The Morgan fingerprint density at radius 2 is 0.971 bits per heavy atom. The lowest BCUT2D eigenvalue weighted by molar-refractivity contribution is -0.245. The Balaban J connectivity index is 6.79. The van der Waals surface area contributed by atoms with Gasteiger partial charge in [-0.05, 0) is 6.92 Å². The van der Waals surface area contributed by atoms with Crippen LogP contribution in [0.2, 0.25) is 0 Å². The number of hydrogen-bond donors (Lipinski definition) is 1. The molecule has 0 aliphatic heterocycles. The van der Waals surface area contributed by atoms with E-state index >= 15 is 0 Å². The number of sulfone groups is 1. The zero-order valence-corrected chi connectivity index (χ0v) is 17.8. The lowest BCUT2D eigenvalue weighted by Crippen LogP contribution is -2.66. The molecule has 0 bridgehead atoms. The maximum atomic E-state index is 14.1. The molecule has 0 fully saturated rings. The lowest BCUT2D eigenvalue weighted by Gasteiger charge is -2.38. The first-order valence-electron chi connectivity index (χ1n) is 7.89. The smallest absolute Gasteiger partial charge is 0.274 e. The maximum Gasteiger partial charge on any atom is 0.433 e. The maximum absolute atomic E-state index is 14.1. The third-order valence-corrected chi connectivity index (χ3v) is 7.76. The van der Waals surface area contributed by atoms with Crippen molar-refractivity contribution in [1.82, 2.24) is 4.72 Å². The lowest BCUT2D eigenvalue weighted by atomic mass is 10.0. The Morgan fingerprint density at radius 3 is 1.26 bits per heavy atom. The molecule has 0 spiro atoms. The zero-order chi connectivity index (χ0) is 28.9. The van der Waals surface area contributed by atoms with E-state index in [-0.39, 0.29) is 0 Å². The van der Waals surface area contributed by atoms with E-state index in [1.165, 1.54) is 0 Å². The molecule has 0 aromatic rings. The van der Waals surface area contributed by atoms with Gasteiger partial charge in [-0.15, -0.1) is 0 Å². The van der Waals surface area contributed by atoms with E-state index in [0.717, 1.165) is 0 Å². The second-order valence-corrected chi connectivity index (χ2v) is 11.2. The van der Waals surface area contributed by atoms with E-state index in [2.05, 4.69) is 0 Å². The zero-order valence-electron chi connectivity index (χ0n) is 16.1. The highest BCUT2D eigenvalue weighted by atomic mass is 32.2. The van der Waals surface area contributed by atoms with Gasteiger partial charge in [-0.25, -0.2) is 13.1 Å². The van der Waals surface area contributed by atoms with Crippen LogP contribution < -0.4 is 4.72 Å². The normalized spacial score (nSPS) is 15.8. The molecular weight excluding hydrogens is 587 g/mol. The minimum absolute atomic E-state index is 0.407. The van der Waals surface area contributed by atoms with Crippen molar-refractivity contribution in [3.63, 3.8) is 0 Å². The molecule has 0 aliphatic carbocycles. The third kappa shape index (κ3) is 6.96. The fraction of sp³-hybridized carbons (Fsp3) is 0.917. The summed E-state index contributed by atoms with van der Waals surface area (Å²) >= 11 is 0. The number of carbonyl (C=O) groups excluding carboxylic acids is 1. The number of rotatable bonds is 9. The first kappa shape index (κ1) is 33.3. The summed E-state index contributed by atoms with van der Waals surface area (Å²) < 4.78 is 236. The van der Waals surface area contributed by atoms with Crippen molar-refractivity contribution in [3.05, 3.63) is 0 Å². The Morgan fingerprint density at radius 1 is 0.629 bits per heavy atom. The van der Waals surface area contributed by atoms with Crippen LogP contribution in [-0.2, 0) is 24.7 Å². The van der Waals surface area contributed by atoms with Gasteiger partial charge in [-0.3, -0.25) is 4.79 Å². The quantitative estimate of drug-likeness (QED) is 0.401. The molecule has 0 radical (unpaired) electrons. The van der Waals surface area contributed by atoms with Crippen molar-refractivity contribution < 1.29 is 87.5 Å². The molecule has 1 N–H and O–H groups in total. The molecule has 35 heavy (non-hydrogen) atoms. The molecule has 0 saturated carbocycles. The molecule has 6 nitrogen and oxygen atoms in total. The number of carbonyl (C=O) groups is 1. The molecule has 210 valence electrons. The van der Waals surface area contributed by atoms with E-state index in [1.807, 2.05) is 0 Å². The number of sulfonamides is 1. The second-order valence-electron chi connectivity index (χ2n) is 6.97. The Hall–Kier alpha value is -1.68. The summed E-state index contributed by atoms with van der Waals surface area (Å²) in [6, 6.07) is 0. The van der Waals surface area contributed by atoms with Crippen LogP contribution in [0.15, 0.2) is 0 Å². The molecule has 0 heterocycles. The molecule has 0 rings (SSSR count). The fourth-order valence-corrected chi connectivity index (χ4v) is 5.17. The van der Waals surface area contributed by atoms with Gasteiger partial charge >= 0.3 is 45.0 Å². The highest BCUT2D eigenvalue weighted by Gasteiger charge is 2.84. The van der Waals surface area contributed by atoms with Crippen LogP contribution in [0.1, 0.15) is 26.2 Å². The van der Waals surface area contributed by atoms with Crippen LogP contribution in [0.3, 0.4) is 0 Å². The standard InChI is InChI=1S/C12H10F15NO5S2/c1-6(3-8(16,17)18,4-9(19,20)21)34(30,31)11(24,25)10(22,23)12(26,27)35(32,33)28-5(29)2-7(13,14)15/h2-4H2,1H3,(H,28,29). The Kier molecular flexibility index (Phi) is 8.58. The van der Waals surface area contributed by atoms with Gasteiger partial charge in [-0.1, -0.05) is 0 Å². The topological polar surface area (TPSA) is 97.4 Å². The molecule has 1 amide bonds. The predicted molar refractivity (Wildman–Crippen MR) is 81.2 cm³/mol. The van der Waals surface area contributed by atoms with Crippen LogP contribution in [0.4, 0.5) is 65.9 Å². The summed E-state index contributed by atoms with van der Waals surface area (Å²) in [6.07, 6.45) is -27.8. The summed E-state index contributed by atoms with van der Waals surface area (Å²) in [5.41, 5.74) is 0. The molecule has 0 saturated heterocycles. The number of hydrogen-bond acceptors (Lipinski definition) is 5. The largest absolute Gasteiger partial charge is 0.433 e. The summed E-state index contributed by atoms with van der Waals surface area (Å²) in [5.74, 6) is -11.0. The number of nitrogens with one attached hydrogen (secondary N) is 1. The van der Waals surface area contributed by atoms with Crippen LogP contribution in [0, 0.1) is 0 Å². The van der Waals surface area contributed by atoms with Crippen molar-refractivity contribution in [2.24, 2.45) is 0 Å². The molecule has 0 aliphatic rings. The molecule has 0 atom stereocenters. The predicted octanol–water partition coefficient (Wildman–Crippen LogP) is 4.28. The van der Waals surface area contributed by atoms with E-state index in [1.54, 1.807) is 0 Å². The highest BCUT2D eigenvalue weighted by Crippen LogP contribution is 2.55. The summed E-state index contributed by atoms with van der Waals surface area (Å²) in [6.45, 7) is -0.814. The second kappa shape index (κ2) is 9.01. The van der Waals surface area contributed by atoms with E-state index in [4.69, 9.17) is 0 Å². The van der Waals surface area contributed by atoms with Crippen molar-refractivity contribution in [2.45, 2.75) is 65.9 Å². The minimum atomic E-state index is -8.09. The van der Waals surface area contributed by atoms with Crippen molar-refractivity contribution in [1.29, 1.82) is 0 Å². The van der Waals surface area contributed by atoms with E-state index < -0.39 is 96.4 Å². The van der Waals surface area contributed by atoms with Crippen molar-refractivity contribution in [2.75, 3.05) is 0 Å². The average molecular weight is 597 g/mol. The Bertz CT molecular complexity index is 992. The van der Waals surface area contributed by atoms with Gasteiger partial charge in [0.15, 0.2) is 0 Å². The van der Waals surface area contributed by atoms with E-state index in [9.17, 15) is 87.5 Å². The minimum Gasteiger partial charge on any atom is -0.274 e. The summed E-state index contributed by atoms with van der Waals surface area (Å²) in [7, 11) is -15.8. The first-order valence-corrected chi connectivity index (χ1v) is 10.9. The Labute approximate surface area is 184 Å². The molecule has 0 aromatic carbocycles. The van der Waals surface area contributed by atoms with Crippen LogP contribution in [-0.4, -0.2) is 62.5 Å². The highest BCUT2D eigenvalue weighted by molar-refractivity contribution is 7.94. The first-order chi connectivity index (χ1) is 14.8. The van der Waals surface area contributed by atoms with Crippen molar-refractivity contribution >= 4 is 25.8 Å². The molecule has 0 aromatic heterocycles. The summed E-state index contributed by atoms with van der Waals surface area (Å²) in [5, 5.41) is -15.3. The SMILES string of the molecule is CC(CC(F)(F)F)(CC(F)(F)F)S(=O)(=O)C(F)(F)C(F)(F)C(F)(F)S(=O)(=O)NC(=O)CC(F)(F)F. The fourth-order valence-electron chi connectivity index (χ4n) is 2.35. The number of halogens is 15.